The molecule has 5 heteroatoms. The number of rotatable bonds is 9. The van der Waals surface area contributed by atoms with Gasteiger partial charge in [-0.05, 0) is 20.3 Å². The predicted molar refractivity (Wildman–Crippen MR) is 55.6 cm³/mol. The molecule has 0 spiro atoms. The first kappa shape index (κ1) is 14.8. The van der Waals surface area contributed by atoms with Crippen molar-refractivity contribution in [1.82, 2.24) is 0 Å². The van der Waals surface area contributed by atoms with Gasteiger partial charge < -0.3 is 24.8 Å². The van der Waals surface area contributed by atoms with Crippen LogP contribution in [0, 0.1) is 0 Å². The van der Waals surface area contributed by atoms with Gasteiger partial charge in [-0.3, -0.25) is 0 Å². The molecule has 3 atom stereocenters. The van der Waals surface area contributed by atoms with Gasteiger partial charge in [0.25, 0.3) is 0 Å². The fourth-order valence-corrected chi connectivity index (χ4v) is 1.13. The first-order valence-corrected chi connectivity index (χ1v) is 5.28. The standard InChI is InChI=1S/C10H22O5/c1-3-14-10(6-12)9(13)7-15-8(2)4-5-11/h8-13H,3-7H2,1-2H3/t8-,9+,10-/m1/s1. The average molecular weight is 222 g/mol. The summed E-state index contributed by atoms with van der Waals surface area (Å²) in [5.74, 6) is 0. The maximum absolute atomic E-state index is 9.58. The van der Waals surface area contributed by atoms with Crippen molar-refractivity contribution < 1.29 is 24.8 Å². The lowest BCUT2D eigenvalue weighted by Gasteiger charge is -2.22. The maximum Gasteiger partial charge on any atom is 0.109 e. The molecule has 5 nitrogen and oxygen atoms in total. The summed E-state index contributed by atoms with van der Waals surface area (Å²) >= 11 is 0. The highest BCUT2D eigenvalue weighted by Crippen LogP contribution is 2.03. The van der Waals surface area contributed by atoms with E-state index in [0.717, 1.165) is 0 Å². The van der Waals surface area contributed by atoms with Crippen LogP contribution < -0.4 is 0 Å². The smallest absolute Gasteiger partial charge is 0.109 e. The largest absolute Gasteiger partial charge is 0.396 e. The fraction of sp³-hybridized carbons (Fsp3) is 1.00. The molecule has 0 aliphatic heterocycles. The maximum atomic E-state index is 9.58. The van der Waals surface area contributed by atoms with Crippen LogP contribution in [0.1, 0.15) is 20.3 Å². The Morgan fingerprint density at radius 3 is 2.33 bits per heavy atom. The molecule has 0 aromatic carbocycles. The van der Waals surface area contributed by atoms with Crippen LogP contribution >= 0.6 is 0 Å². The minimum Gasteiger partial charge on any atom is -0.396 e. The van der Waals surface area contributed by atoms with Crippen LogP contribution in [-0.4, -0.2) is 60.1 Å². The highest BCUT2D eigenvalue weighted by atomic mass is 16.5. The number of hydrogen-bond donors (Lipinski definition) is 3. The second-order valence-corrected chi connectivity index (χ2v) is 3.40. The van der Waals surface area contributed by atoms with Crippen LogP contribution in [0.4, 0.5) is 0 Å². The zero-order valence-electron chi connectivity index (χ0n) is 9.43. The Morgan fingerprint density at radius 2 is 1.87 bits per heavy atom. The second-order valence-electron chi connectivity index (χ2n) is 3.40. The summed E-state index contributed by atoms with van der Waals surface area (Å²) in [7, 11) is 0. The summed E-state index contributed by atoms with van der Waals surface area (Å²) in [5.41, 5.74) is 0. The summed E-state index contributed by atoms with van der Waals surface area (Å²) in [6.45, 7) is 3.99. The summed E-state index contributed by atoms with van der Waals surface area (Å²) in [5, 5.41) is 27.1. The van der Waals surface area contributed by atoms with E-state index in [1.165, 1.54) is 0 Å². The Bertz CT molecular complexity index is 142. The summed E-state index contributed by atoms with van der Waals surface area (Å²) in [6.07, 6.45) is -1.01. The Morgan fingerprint density at radius 1 is 1.20 bits per heavy atom. The van der Waals surface area contributed by atoms with Gasteiger partial charge >= 0.3 is 0 Å². The van der Waals surface area contributed by atoms with E-state index in [1.54, 1.807) is 6.92 Å². The van der Waals surface area contributed by atoms with E-state index in [0.29, 0.717) is 13.0 Å². The van der Waals surface area contributed by atoms with Crippen LogP contribution in [-0.2, 0) is 9.47 Å². The van der Waals surface area contributed by atoms with Crippen LogP contribution in [0.3, 0.4) is 0 Å². The van der Waals surface area contributed by atoms with Crippen LogP contribution in [0.5, 0.6) is 0 Å². The molecule has 0 saturated heterocycles. The molecule has 0 aliphatic carbocycles. The monoisotopic (exact) mass is 222 g/mol. The molecule has 0 aromatic rings. The molecule has 92 valence electrons. The van der Waals surface area contributed by atoms with Crippen molar-refractivity contribution in [2.75, 3.05) is 26.4 Å². The molecule has 0 radical (unpaired) electrons. The molecule has 0 fully saturated rings. The minimum absolute atomic E-state index is 0.0617. The van der Waals surface area contributed by atoms with Crippen LogP contribution in [0.15, 0.2) is 0 Å². The van der Waals surface area contributed by atoms with Crippen LogP contribution in [0.2, 0.25) is 0 Å². The van der Waals surface area contributed by atoms with Crippen molar-refractivity contribution in [3.8, 4) is 0 Å². The lowest BCUT2D eigenvalue weighted by Crippen LogP contribution is -2.37. The Labute approximate surface area is 90.6 Å². The summed E-state index contributed by atoms with van der Waals surface area (Å²) in [6, 6.07) is 0. The Kier molecular flexibility index (Phi) is 8.94. The molecule has 0 saturated carbocycles. The third kappa shape index (κ3) is 6.81. The van der Waals surface area contributed by atoms with E-state index < -0.39 is 12.2 Å². The molecule has 0 unspecified atom stereocenters. The highest BCUT2D eigenvalue weighted by molar-refractivity contribution is 4.68. The predicted octanol–water partition coefficient (Wildman–Crippen LogP) is -0.468. The molecule has 0 aliphatic rings. The van der Waals surface area contributed by atoms with Crippen molar-refractivity contribution in [2.45, 2.75) is 38.6 Å². The zero-order chi connectivity index (χ0) is 11.7. The van der Waals surface area contributed by atoms with Crippen molar-refractivity contribution in [2.24, 2.45) is 0 Å². The van der Waals surface area contributed by atoms with Gasteiger partial charge in [0, 0.05) is 13.2 Å². The lowest BCUT2D eigenvalue weighted by atomic mass is 10.2. The SMILES string of the molecule is CCO[C@H](CO)[C@@H](O)CO[C@H](C)CCO. The van der Waals surface area contributed by atoms with Crippen molar-refractivity contribution in [3.05, 3.63) is 0 Å². The third-order valence-electron chi connectivity index (χ3n) is 2.08. The van der Waals surface area contributed by atoms with Gasteiger partial charge in [0.1, 0.15) is 12.2 Å². The van der Waals surface area contributed by atoms with Gasteiger partial charge in [0.15, 0.2) is 0 Å². The van der Waals surface area contributed by atoms with E-state index in [2.05, 4.69) is 0 Å². The molecule has 0 heterocycles. The lowest BCUT2D eigenvalue weighted by molar-refractivity contribution is -0.0989. The van der Waals surface area contributed by atoms with E-state index in [-0.39, 0.29) is 25.9 Å². The first-order valence-electron chi connectivity index (χ1n) is 5.28. The number of aliphatic hydroxyl groups is 3. The fourth-order valence-electron chi connectivity index (χ4n) is 1.13. The molecule has 0 bridgehead atoms. The number of ether oxygens (including phenoxy) is 2. The topological polar surface area (TPSA) is 79.2 Å². The normalized spacial score (nSPS) is 17.4. The molecule has 15 heavy (non-hydrogen) atoms. The van der Waals surface area contributed by atoms with E-state index in [1.807, 2.05) is 6.92 Å². The first-order chi connectivity index (χ1) is 7.15. The average Bonchev–Trinajstić information content (AvgIpc) is 2.23. The number of aliphatic hydroxyl groups excluding tert-OH is 3. The van der Waals surface area contributed by atoms with E-state index in [4.69, 9.17) is 19.7 Å². The summed E-state index contributed by atoms with van der Waals surface area (Å²) < 4.78 is 10.4. The second kappa shape index (κ2) is 9.06. The van der Waals surface area contributed by atoms with Crippen molar-refractivity contribution >= 4 is 0 Å². The van der Waals surface area contributed by atoms with Crippen LogP contribution in [0.25, 0.3) is 0 Å². The van der Waals surface area contributed by atoms with E-state index in [9.17, 15) is 5.11 Å². The third-order valence-corrected chi connectivity index (χ3v) is 2.08. The van der Waals surface area contributed by atoms with Gasteiger partial charge in [-0.2, -0.15) is 0 Å². The molecule has 0 amide bonds. The van der Waals surface area contributed by atoms with Gasteiger partial charge in [-0.15, -0.1) is 0 Å². The Balaban J connectivity index is 3.73. The Hall–Kier alpha value is -0.200. The minimum atomic E-state index is -0.837. The molecular formula is C10H22O5. The molecule has 3 N–H and O–H groups in total. The quantitative estimate of drug-likeness (QED) is 0.491. The van der Waals surface area contributed by atoms with E-state index >= 15 is 0 Å². The van der Waals surface area contributed by atoms with Gasteiger partial charge in [-0.1, -0.05) is 0 Å². The van der Waals surface area contributed by atoms with Crippen molar-refractivity contribution in [3.63, 3.8) is 0 Å². The zero-order valence-corrected chi connectivity index (χ0v) is 9.43. The van der Waals surface area contributed by atoms with Crippen molar-refractivity contribution in [1.29, 1.82) is 0 Å². The van der Waals surface area contributed by atoms with Gasteiger partial charge in [-0.25, -0.2) is 0 Å². The number of hydrogen-bond acceptors (Lipinski definition) is 5. The highest BCUT2D eigenvalue weighted by Gasteiger charge is 2.19. The van der Waals surface area contributed by atoms with Gasteiger partial charge in [0.05, 0.1) is 19.3 Å². The molecule has 0 aromatic heterocycles. The summed E-state index contributed by atoms with van der Waals surface area (Å²) in [4.78, 5) is 0. The molecular weight excluding hydrogens is 200 g/mol. The van der Waals surface area contributed by atoms with Gasteiger partial charge in [0.2, 0.25) is 0 Å². The molecule has 0 rings (SSSR count).